The minimum absolute atomic E-state index is 0.0935. The Bertz CT molecular complexity index is 2340. The van der Waals surface area contributed by atoms with Crippen molar-refractivity contribution in [2.75, 3.05) is 39.6 Å². The van der Waals surface area contributed by atoms with E-state index in [2.05, 4.69) is 130 Å². The molecule has 0 aromatic heterocycles. The van der Waals surface area contributed by atoms with Crippen LogP contribution >= 0.6 is 15.6 Å². The van der Waals surface area contributed by atoms with Gasteiger partial charge in [-0.15, -0.1) is 0 Å². The van der Waals surface area contributed by atoms with E-state index in [4.69, 9.17) is 32.3 Å². The smallest absolute Gasteiger partial charge is 0.463 e. The van der Waals surface area contributed by atoms with Crippen LogP contribution in [0.15, 0.2) is 109 Å². The fourth-order valence-electron chi connectivity index (χ4n) is 11.5. The lowest BCUT2D eigenvalue weighted by Crippen LogP contribution is -2.30. The Hall–Kier alpha value is -3.79. The van der Waals surface area contributed by atoms with E-state index in [0.717, 1.165) is 135 Å². The molecule has 0 aromatic rings. The summed E-state index contributed by atoms with van der Waals surface area (Å²) in [6.07, 6.45) is 94.2. The average molecular weight is 1520 g/mol. The number of rotatable bonds is 80. The van der Waals surface area contributed by atoms with Gasteiger partial charge < -0.3 is 34.2 Å². The molecule has 16 nitrogen and oxygen atoms in total. The molecule has 4 N–H and O–H groups in total. The maximum atomic E-state index is 13.0. The lowest BCUT2D eigenvalue weighted by atomic mass is 10.0. The Morgan fingerprint density at radius 1 is 0.267 bits per heavy atom. The summed E-state index contributed by atoms with van der Waals surface area (Å²) in [7, 11) is -9.79. The fourth-order valence-corrected chi connectivity index (χ4v) is 13.1. The van der Waals surface area contributed by atoms with Crippen molar-refractivity contribution in [3.63, 3.8) is 0 Å². The molecule has 0 bridgehead atoms. The molecule has 608 valence electrons. The van der Waals surface area contributed by atoms with Gasteiger partial charge in [-0.3, -0.25) is 32.5 Å². The van der Waals surface area contributed by atoms with Crippen LogP contribution in [0.3, 0.4) is 0 Å². The van der Waals surface area contributed by atoms with E-state index in [1.807, 2.05) is 0 Å². The maximum Gasteiger partial charge on any atom is 0.472 e. The molecule has 0 heterocycles. The molecule has 0 saturated carbocycles. The summed E-state index contributed by atoms with van der Waals surface area (Å²) in [5, 5.41) is 20.7. The Kier molecular flexibility index (Phi) is 76.9. The number of ether oxygens (including phenoxy) is 3. The normalized spacial score (nSPS) is 14.5. The van der Waals surface area contributed by atoms with E-state index in [9.17, 15) is 43.5 Å². The number of allylic oxidation sites excluding steroid dienone is 18. The zero-order valence-electron chi connectivity index (χ0n) is 66.6. The zero-order valence-corrected chi connectivity index (χ0v) is 68.4. The second-order valence-electron chi connectivity index (χ2n) is 28.3. The third kappa shape index (κ3) is 81.0. The van der Waals surface area contributed by atoms with E-state index in [0.29, 0.717) is 19.3 Å². The van der Waals surface area contributed by atoms with E-state index >= 15 is 0 Å². The molecule has 0 spiro atoms. The van der Waals surface area contributed by atoms with E-state index in [1.165, 1.54) is 173 Å². The summed E-state index contributed by atoms with van der Waals surface area (Å²) in [5.41, 5.74) is 0. The van der Waals surface area contributed by atoms with Crippen molar-refractivity contribution in [3.05, 3.63) is 109 Å². The standard InChI is InChI=1S/C87H154O16P2/c1-4-7-10-13-16-19-22-25-28-30-32-34-36-38-39-40-41-43-45-46-48-50-53-55-58-61-64-67-70-73-85(90)97-76-82(88)77-99-104(93,94)100-78-83(89)79-101-105(95,96)102-81-84(103-87(92)75-72-69-66-63-60-57-52-27-24-21-18-15-12-9-6-3)80-98-86(91)74-71-68-65-62-59-56-54-51-49-47-44-42-37-35-33-31-29-26-23-20-17-14-11-8-5-2/h16-17,19-20,25-29,32-35,38-39,42,44,52,82-84,88-89H,4-15,18,21-24,30-31,36-37,40-41,43,45-51,53-81H2,1-3H3,(H,93,94)(H,95,96)/b19-16-,20-17-,28-25-,29-26-,34-32-,35-33-,39-38-,44-42-,52-27-. The molecule has 0 rings (SSSR count). The van der Waals surface area contributed by atoms with Crippen molar-refractivity contribution >= 4 is 33.6 Å². The number of carbonyl (C=O) groups excluding carboxylic acids is 3. The van der Waals surface area contributed by atoms with E-state index in [1.54, 1.807) is 0 Å². The van der Waals surface area contributed by atoms with Crippen molar-refractivity contribution in [1.29, 1.82) is 0 Å². The largest absolute Gasteiger partial charge is 0.472 e. The number of hydrogen-bond donors (Lipinski definition) is 4. The molecule has 0 aliphatic carbocycles. The monoisotopic (exact) mass is 1520 g/mol. The van der Waals surface area contributed by atoms with Crippen molar-refractivity contribution < 1.29 is 75.8 Å². The van der Waals surface area contributed by atoms with E-state index in [-0.39, 0.29) is 19.3 Å². The Morgan fingerprint density at radius 3 is 0.781 bits per heavy atom. The first-order valence-corrected chi connectivity index (χ1v) is 45.2. The van der Waals surface area contributed by atoms with Crippen molar-refractivity contribution in [2.45, 2.75) is 386 Å². The highest BCUT2D eigenvalue weighted by molar-refractivity contribution is 7.47. The second-order valence-corrected chi connectivity index (χ2v) is 31.2. The van der Waals surface area contributed by atoms with Crippen LogP contribution in [0.4, 0.5) is 0 Å². The van der Waals surface area contributed by atoms with Gasteiger partial charge in [0.1, 0.15) is 25.4 Å². The first-order valence-electron chi connectivity index (χ1n) is 42.2. The molecular formula is C87H154O16P2. The van der Waals surface area contributed by atoms with Gasteiger partial charge in [0, 0.05) is 19.3 Å². The first kappa shape index (κ1) is 101. The number of unbranched alkanes of at least 4 members (excludes halogenated alkanes) is 39. The third-order valence-corrected chi connectivity index (χ3v) is 19.8. The molecule has 5 atom stereocenters. The van der Waals surface area contributed by atoms with Crippen LogP contribution < -0.4 is 0 Å². The topological polar surface area (TPSA) is 231 Å². The summed E-state index contributed by atoms with van der Waals surface area (Å²) in [6.45, 7) is 2.65. The number of aliphatic hydroxyl groups excluding tert-OH is 2. The number of phosphoric acid groups is 2. The molecule has 0 aliphatic rings. The summed E-state index contributed by atoms with van der Waals surface area (Å²) in [4.78, 5) is 58.8. The van der Waals surface area contributed by atoms with Gasteiger partial charge in [0.25, 0.3) is 0 Å². The van der Waals surface area contributed by atoms with Crippen LogP contribution in [0.1, 0.15) is 367 Å². The minimum Gasteiger partial charge on any atom is -0.463 e. The van der Waals surface area contributed by atoms with Crippen LogP contribution in [-0.4, -0.2) is 95.9 Å². The van der Waals surface area contributed by atoms with Gasteiger partial charge in [0.2, 0.25) is 0 Å². The van der Waals surface area contributed by atoms with Crippen LogP contribution in [0.25, 0.3) is 0 Å². The van der Waals surface area contributed by atoms with Gasteiger partial charge in [0.05, 0.1) is 26.4 Å². The zero-order chi connectivity index (χ0) is 76.6. The molecular weight excluding hydrogens is 1360 g/mol. The minimum atomic E-state index is -4.94. The van der Waals surface area contributed by atoms with Gasteiger partial charge >= 0.3 is 33.6 Å². The Balaban J connectivity index is 4.53. The van der Waals surface area contributed by atoms with Gasteiger partial charge in [0.15, 0.2) is 6.10 Å². The van der Waals surface area contributed by atoms with Crippen LogP contribution in [0.5, 0.6) is 0 Å². The van der Waals surface area contributed by atoms with Crippen LogP contribution in [0, 0.1) is 0 Å². The van der Waals surface area contributed by atoms with Gasteiger partial charge in [-0.2, -0.15) is 0 Å². The molecule has 0 saturated heterocycles. The predicted molar refractivity (Wildman–Crippen MR) is 436 cm³/mol. The number of hydrogen-bond acceptors (Lipinski definition) is 14. The summed E-state index contributed by atoms with van der Waals surface area (Å²) in [6, 6.07) is 0. The molecule has 0 aliphatic heterocycles. The predicted octanol–water partition coefficient (Wildman–Crippen LogP) is 25.1. The number of phosphoric ester groups is 2. The Morgan fingerprint density at radius 2 is 0.476 bits per heavy atom. The molecule has 0 fully saturated rings. The highest BCUT2D eigenvalue weighted by Crippen LogP contribution is 2.45. The molecule has 105 heavy (non-hydrogen) atoms. The Labute approximate surface area is 640 Å². The van der Waals surface area contributed by atoms with Crippen molar-refractivity contribution in [2.24, 2.45) is 0 Å². The quantitative estimate of drug-likeness (QED) is 0.0146. The number of carbonyl (C=O) groups is 3. The van der Waals surface area contributed by atoms with Crippen molar-refractivity contribution in [1.82, 2.24) is 0 Å². The third-order valence-electron chi connectivity index (χ3n) is 17.9. The van der Waals surface area contributed by atoms with Gasteiger partial charge in [-0.05, 0) is 135 Å². The molecule has 0 amide bonds. The van der Waals surface area contributed by atoms with Gasteiger partial charge in [-0.25, -0.2) is 9.13 Å². The number of aliphatic hydroxyl groups is 2. The summed E-state index contributed by atoms with van der Waals surface area (Å²) >= 11 is 0. The van der Waals surface area contributed by atoms with E-state index < -0.39 is 91.5 Å². The average Bonchev–Trinajstić information content (AvgIpc) is 0.913. The molecule has 0 aromatic carbocycles. The molecule has 5 unspecified atom stereocenters. The highest BCUT2D eigenvalue weighted by atomic mass is 31.2. The number of esters is 3. The van der Waals surface area contributed by atoms with Crippen LogP contribution in [0.2, 0.25) is 0 Å². The maximum absolute atomic E-state index is 13.0. The highest BCUT2D eigenvalue weighted by Gasteiger charge is 2.29. The lowest BCUT2D eigenvalue weighted by Gasteiger charge is -2.21. The first-order chi connectivity index (χ1) is 51.2. The van der Waals surface area contributed by atoms with Gasteiger partial charge in [-0.1, -0.05) is 323 Å². The lowest BCUT2D eigenvalue weighted by molar-refractivity contribution is -0.161. The van der Waals surface area contributed by atoms with Crippen LogP contribution in [-0.2, 0) is 55.8 Å². The summed E-state index contributed by atoms with van der Waals surface area (Å²) in [5.74, 6) is -1.58. The fraction of sp³-hybridized carbons (Fsp3) is 0.759. The second kappa shape index (κ2) is 79.8. The van der Waals surface area contributed by atoms with Crippen molar-refractivity contribution in [3.8, 4) is 0 Å². The summed E-state index contributed by atoms with van der Waals surface area (Å²) < 4.78 is 61.3. The SMILES string of the molecule is CCCCC/C=C\C/C=C\C/C=C\C/C=C\CCCCCCCCCCCCCCCC(=O)OCC(O)COP(=O)(O)OCC(O)COP(=O)(O)OCC(COC(=O)CCCCCCCCCCC/C=C\C/C=C\C/C=C\C/C=C\CCCCC)OC(=O)CCCCCCC/C=C\CCCCCCCC. The molecule has 18 heteroatoms. The molecule has 0 radical (unpaired) electrons.